The Balaban J connectivity index is 1.42. The van der Waals surface area contributed by atoms with Crippen molar-refractivity contribution in [1.82, 2.24) is 10.3 Å². The predicted octanol–water partition coefficient (Wildman–Crippen LogP) is 5.42. The highest BCUT2D eigenvalue weighted by molar-refractivity contribution is 7.08. The molecular formula is C24H20N2O2S. The second-order valence-electron chi connectivity index (χ2n) is 6.55. The molecule has 0 unspecified atom stereocenters. The van der Waals surface area contributed by atoms with Crippen molar-refractivity contribution in [3.63, 3.8) is 0 Å². The molecule has 2 heterocycles. The van der Waals surface area contributed by atoms with Crippen LogP contribution >= 0.6 is 11.3 Å². The lowest BCUT2D eigenvalue weighted by molar-refractivity contribution is 0.0951. The Morgan fingerprint density at radius 1 is 1.00 bits per heavy atom. The van der Waals surface area contributed by atoms with Gasteiger partial charge in [0, 0.05) is 29.2 Å². The first-order chi connectivity index (χ1) is 14.2. The number of carbonyl (C=O) groups excluding carboxylic acids is 1. The zero-order valence-corrected chi connectivity index (χ0v) is 16.8. The monoisotopic (exact) mass is 400 g/mol. The highest BCUT2D eigenvalue weighted by Crippen LogP contribution is 2.24. The fraction of sp³-hybridized carbons (Fsp3) is 0.0833. The number of ether oxygens (including phenoxy) is 1. The second kappa shape index (κ2) is 8.71. The minimum Gasteiger partial charge on any atom is -0.497 e. The van der Waals surface area contributed by atoms with Crippen molar-refractivity contribution in [2.45, 2.75) is 6.54 Å². The molecule has 0 atom stereocenters. The highest BCUT2D eigenvalue weighted by Gasteiger charge is 2.08. The van der Waals surface area contributed by atoms with E-state index in [0.29, 0.717) is 12.1 Å². The molecule has 0 aliphatic heterocycles. The first-order valence-corrected chi connectivity index (χ1v) is 10.2. The van der Waals surface area contributed by atoms with Crippen molar-refractivity contribution < 1.29 is 9.53 Å². The van der Waals surface area contributed by atoms with E-state index in [-0.39, 0.29) is 5.91 Å². The number of thiophene rings is 1. The lowest BCUT2D eigenvalue weighted by Crippen LogP contribution is -2.22. The van der Waals surface area contributed by atoms with Gasteiger partial charge in [0.2, 0.25) is 0 Å². The standard InChI is InChI=1S/C24H20N2O2S/c1-28-22-4-2-3-20(14-22)18-5-7-19(8-6-18)24(27)26-15-17-9-11-25-23(13-17)21-10-12-29-16-21/h2-14,16H,15H2,1H3,(H,26,27). The molecule has 1 N–H and O–H groups in total. The number of hydrogen-bond acceptors (Lipinski definition) is 4. The van der Waals surface area contributed by atoms with Gasteiger partial charge in [-0.15, -0.1) is 0 Å². The van der Waals surface area contributed by atoms with Crippen molar-refractivity contribution in [2.24, 2.45) is 0 Å². The number of pyridine rings is 1. The summed E-state index contributed by atoms with van der Waals surface area (Å²) in [5.74, 6) is 0.708. The molecule has 0 saturated heterocycles. The number of carbonyl (C=O) groups is 1. The van der Waals surface area contributed by atoms with Crippen LogP contribution in [0.15, 0.2) is 83.7 Å². The van der Waals surface area contributed by atoms with Crippen molar-refractivity contribution >= 4 is 17.2 Å². The predicted molar refractivity (Wildman–Crippen MR) is 117 cm³/mol. The molecule has 29 heavy (non-hydrogen) atoms. The van der Waals surface area contributed by atoms with Gasteiger partial charge in [-0.05, 0) is 64.5 Å². The number of hydrogen-bond donors (Lipinski definition) is 1. The van der Waals surface area contributed by atoms with E-state index >= 15 is 0 Å². The third-order valence-corrected chi connectivity index (χ3v) is 5.33. The van der Waals surface area contributed by atoms with Gasteiger partial charge < -0.3 is 10.1 Å². The lowest BCUT2D eigenvalue weighted by Gasteiger charge is -2.08. The lowest BCUT2D eigenvalue weighted by atomic mass is 10.0. The van der Waals surface area contributed by atoms with Crippen LogP contribution in [0.4, 0.5) is 0 Å². The van der Waals surface area contributed by atoms with Crippen molar-refractivity contribution in [2.75, 3.05) is 7.11 Å². The minimum absolute atomic E-state index is 0.101. The highest BCUT2D eigenvalue weighted by atomic mass is 32.1. The van der Waals surface area contributed by atoms with E-state index in [0.717, 1.165) is 33.7 Å². The Labute approximate surface area is 173 Å². The van der Waals surface area contributed by atoms with Crippen molar-refractivity contribution in [3.8, 4) is 28.1 Å². The fourth-order valence-corrected chi connectivity index (χ4v) is 3.70. The van der Waals surface area contributed by atoms with Crippen molar-refractivity contribution in [1.29, 1.82) is 0 Å². The molecule has 0 aliphatic carbocycles. The summed E-state index contributed by atoms with van der Waals surface area (Å²) in [7, 11) is 1.65. The maximum atomic E-state index is 12.5. The summed E-state index contributed by atoms with van der Waals surface area (Å²) in [5.41, 5.74) is 5.74. The number of benzene rings is 2. The van der Waals surface area contributed by atoms with Gasteiger partial charge in [0.05, 0.1) is 12.8 Å². The first kappa shape index (κ1) is 18.9. The van der Waals surface area contributed by atoms with Crippen molar-refractivity contribution in [3.05, 3.63) is 94.8 Å². The van der Waals surface area contributed by atoms with E-state index in [1.807, 2.05) is 72.1 Å². The number of nitrogens with one attached hydrogen (secondary N) is 1. The normalized spacial score (nSPS) is 10.5. The Morgan fingerprint density at radius 2 is 1.86 bits per heavy atom. The molecule has 0 fully saturated rings. The van der Waals surface area contributed by atoms with Gasteiger partial charge in [0.1, 0.15) is 5.75 Å². The smallest absolute Gasteiger partial charge is 0.251 e. The summed E-state index contributed by atoms with van der Waals surface area (Å²) in [6, 6.07) is 21.4. The molecule has 0 radical (unpaired) electrons. The van der Waals surface area contributed by atoms with E-state index in [4.69, 9.17) is 4.74 Å². The molecular weight excluding hydrogens is 380 g/mol. The maximum Gasteiger partial charge on any atom is 0.251 e. The topological polar surface area (TPSA) is 51.2 Å². The van der Waals surface area contributed by atoms with E-state index in [1.165, 1.54) is 0 Å². The van der Waals surface area contributed by atoms with Crippen LogP contribution in [0.2, 0.25) is 0 Å². The number of methoxy groups -OCH3 is 1. The Kier molecular flexibility index (Phi) is 5.68. The van der Waals surface area contributed by atoms with Gasteiger partial charge in [-0.3, -0.25) is 9.78 Å². The van der Waals surface area contributed by atoms with E-state index in [9.17, 15) is 4.79 Å². The molecule has 1 amide bonds. The zero-order chi connectivity index (χ0) is 20.1. The average molecular weight is 401 g/mol. The molecule has 144 valence electrons. The molecule has 0 spiro atoms. The van der Waals surface area contributed by atoms with Crippen LogP contribution in [-0.2, 0) is 6.54 Å². The van der Waals surface area contributed by atoms with Crippen LogP contribution in [0, 0.1) is 0 Å². The quantitative estimate of drug-likeness (QED) is 0.470. The number of rotatable bonds is 6. The third-order valence-electron chi connectivity index (χ3n) is 4.64. The molecule has 2 aromatic heterocycles. The van der Waals surface area contributed by atoms with Gasteiger partial charge in [0.15, 0.2) is 0 Å². The summed E-state index contributed by atoms with van der Waals surface area (Å²) in [5, 5.41) is 7.07. The molecule has 4 rings (SSSR count). The first-order valence-electron chi connectivity index (χ1n) is 9.23. The maximum absolute atomic E-state index is 12.5. The zero-order valence-electron chi connectivity index (χ0n) is 16.0. The summed E-state index contributed by atoms with van der Waals surface area (Å²) < 4.78 is 5.28. The van der Waals surface area contributed by atoms with Crippen LogP contribution < -0.4 is 10.1 Å². The van der Waals surface area contributed by atoms with E-state index in [2.05, 4.69) is 15.7 Å². The summed E-state index contributed by atoms with van der Waals surface area (Å²) in [6.45, 7) is 0.454. The van der Waals surface area contributed by atoms with E-state index < -0.39 is 0 Å². The molecule has 4 nitrogen and oxygen atoms in total. The molecule has 5 heteroatoms. The molecule has 4 aromatic rings. The van der Waals surface area contributed by atoms with Gasteiger partial charge in [-0.25, -0.2) is 0 Å². The Morgan fingerprint density at radius 3 is 2.62 bits per heavy atom. The summed E-state index contributed by atoms with van der Waals surface area (Å²) >= 11 is 1.64. The van der Waals surface area contributed by atoms with Gasteiger partial charge in [0.25, 0.3) is 5.91 Å². The van der Waals surface area contributed by atoms with Crippen LogP contribution in [0.5, 0.6) is 5.75 Å². The van der Waals surface area contributed by atoms with Crippen LogP contribution in [0.25, 0.3) is 22.4 Å². The summed E-state index contributed by atoms with van der Waals surface area (Å²) in [4.78, 5) is 16.9. The average Bonchev–Trinajstić information content (AvgIpc) is 3.33. The Hall–Kier alpha value is -3.44. The van der Waals surface area contributed by atoms with E-state index in [1.54, 1.807) is 24.6 Å². The SMILES string of the molecule is COc1cccc(-c2ccc(C(=O)NCc3ccnc(-c4ccsc4)c3)cc2)c1. The Bertz CT molecular complexity index is 1110. The number of aromatic nitrogens is 1. The van der Waals surface area contributed by atoms with Crippen LogP contribution in [0.3, 0.4) is 0 Å². The second-order valence-corrected chi connectivity index (χ2v) is 7.33. The molecule has 2 aromatic carbocycles. The third kappa shape index (κ3) is 4.52. The molecule has 0 aliphatic rings. The summed E-state index contributed by atoms with van der Waals surface area (Å²) in [6.07, 6.45) is 1.78. The van der Waals surface area contributed by atoms with Gasteiger partial charge in [-0.2, -0.15) is 11.3 Å². The number of amides is 1. The fourth-order valence-electron chi connectivity index (χ4n) is 3.05. The van der Waals surface area contributed by atoms with Crippen LogP contribution in [-0.4, -0.2) is 18.0 Å². The van der Waals surface area contributed by atoms with Gasteiger partial charge >= 0.3 is 0 Å². The largest absolute Gasteiger partial charge is 0.497 e. The van der Waals surface area contributed by atoms with Gasteiger partial charge in [-0.1, -0.05) is 24.3 Å². The van der Waals surface area contributed by atoms with Crippen LogP contribution in [0.1, 0.15) is 15.9 Å². The minimum atomic E-state index is -0.101. The number of nitrogens with zero attached hydrogens (tertiary/aromatic N) is 1. The molecule has 0 saturated carbocycles. The molecule has 0 bridgehead atoms.